The molecule has 0 spiro atoms. The van der Waals surface area contributed by atoms with Gasteiger partial charge < -0.3 is 19.0 Å². The summed E-state index contributed by atoms with van der Waals surface area (Å²) in [5.74, 6) is 0. The second-order valence-corrected chi connectivity index (χ2v) is 9.63. The summed E-state index contributed by atoms with van der Waals surface area (Å²) in [5.41, 5.74) is 4.73. The Bertz CT molecular complexity index is 1390. The summed E-state index contributed by atoms with van der Waals surface area (Å²) in [6.07, 6.45) is 8.31. The van der Waals surface area contributed by atoms with Crippen LogP contribution in [0.3, 0.4) is 0 Å². The molecule has 34 heavy (non-hydrogen) atoms. The van der Waals surface area contributed by atoms with E-state index in [0.29, 0.717) is 35.0 Å². The van der Waals surface area contributed by atoms with Crippen LogP contribution in [0, 0.1) is 13.8 Å². The zero-order chi connectivity index (χ0) is 24.0. The van der Waals surface area contributed by atoms with E-state index in [2.05, 4.69) is 47.1 Å². The molecular formula is C27H33N5O2. The van der Waals surface area contributed by atoms with Crippen molar-refractivity contribution in [2.24, 2.45) is 0 Å². The van der Waals surface area contributed by atoms with Gasteiger partial charge in [0.15, 0.2) is 5.65 Å². The van der Waals surface area contributed by atoms with Gasteiger partial charge in [-0.3, -0.25) is 4.98 Å². The Kier molecular flexibility index (Phi) is 5.90. The van der Waals surface area contributed by atoms with Gasteiger partial charge in [-0.25, -0.2) is 9.78 Å². The molecule has 1 aromatic carbocycles. The molecule has 3 atom stereocenters. The molecule has 0 amide bonds. The normalized spacial score (nSPS) is 21.4. The minimum Gasteiger partial charge on any atom is -0.422 e. The Morgan fingerprint density at radius 2 is 1.79 bits per heavy atom. The quantitative estimate of drug-likeness (QED) is 0.414. The first-order chi connectivity index (χ1) is 16.4. The molecule has 1 aliphatic rings. The average molecular weight is 460 g/mol. The van der Waals surface area contributed by atoms with Crippen LogP contribution in [0.2, 0.25) is 0 Å². The summed E-state index contributed by atoms with van der Waals surface area (Å²) in [6, 6.07) is 9.50. The number of anilines is 1. The van der Waals surface area contributed by atoms with Crippen molar-refractivity contribution < 1.29 is 4.42 Å². The van der Waals surface area contributed by atoms with E-state index in [-0.39, 0.29) is 5.63 Å². The molecule has 0 bridgehead atoms. The number of imidazole rings is 1. The van der Waals surface area contributed by atoms with Crippen molar-refractivity contribution in [1.82, 2.24) is 19.3 Å². The summed E-state index contributed by atoms with van der Waals surface area (Å²) in [7, 11) is 2.25. The number of nitrogens with one attached hydrogen (secondary N) is 1. The third-order valence-electron chi connectivity index (χ3n) is 7.32. The second kappa shape index (κ2) is 8.87. The Hall–Kier alpha value is -3.19. The van der Waals surface area contributed by atoms with E-state index in [1.165, 1.54) is 0 Å². The van der Waals surface area contributed by atoms with Crippen molar-refractivity contribution >= 4 is 22.3 Å². The van der Waals surface area contributed by atoms with E-state index in [1.807, 2.05) is 48.8 Å². The largest absolute Gasteiger partial charge is 0.422 e. The zero-order valence-electron chi connectivity index (χ0n) is 20.6. The highest BCUT2D eigenvalue weighted by molar-refractivity contribution is 5.84. The van der Waals surface area contributed by atoms with Gasteiger partial charge in [0.2, 0.25) is 0 Å². The molecule has 1 N–H and O–H groups in total. The molecule has 0 radical (unpaired) electrons. The van der Waals surface area contributed by atoms with Gasteiger partial charge in [0.1, 0.15) is 5.58 Å². The summed E-state index contributed by atoms with van der Waals surface area (Å²) in [4.78, 5) is 24.6. The summed E-state index contributed by atoms with van der Waals surface area (Å²) >= 11 is 0. The maximum atomic E-state index is 12.9. The fourth-order valence-electron chi connectivity index (χ4n) is 5.46. The molecular weight excluding hydrogens is 426 g/mol. The molecule has 1 fully saturated rings. The number of nitrogens with zero attached hydrogens (tertiary/aromatic N) is 4. The molecule has 4 aromatic rings. The van der Waals surface area contributed by atoms with Gasteiger partial charge in [0.05, 0.1) is 22.6 Å². The van der Waals surface area contributed by atoms with Gasteiger partial charge in [-0.15, -0.1) is 0 Å². The lowest BCUT2D eigenvalue weighted by molar-refractivity contribution is 0.101. The van der Waals surface area contributed by atoms with Crippen LogP contribution in [0.5, 0.6) is 0 Å². The second-order valence-electron chi connectivity index (χ2n) is 9.63. The number of piperidine rings is 1. The molecule has 4 heterocycles. The van der Waals surface area contributed by atoms with Crippen LogP contribution in [-0.4, -0.2) is 44.4 Å². The van der Waals surface area contributed by atoms with E-state index < -0.39 is 0 Å². The van der Waals surface area contributed by atoms with Crippen molar-refractivity contribution in [3.63, 3.8) is 0 Å². The number of benzene rings is 1. The highest BCUT2D eigenvalue weighted by Gasteiger charge is 2.31. The molecule has 5 rings (SSSR count). The standard InChI is InChI=1S/C27H33N5O2/c1-6-21-11-20(12-22(7-2)31(21)5)29-19-9-8-18-10-23(27(33)34-25(18)13-19)24-15-32-14-16(3)28-17(4)26(32)30-24/h8-10,13-15,20-22,29H,6-7,11-12H2,1-5H3/t20?,21-,22+. The van der Waals surface area contributed by atoms with Crippen molar-refractivity contribution in [3.05, 3.63) is 58.5 Å². The smallest absolute Gasteiger partial charge is 0.345 e. The van der Waals surface area contributed by atoms with Gasteiger partial charge in [-0.2, -0.15) is 0 Å². The van der Waals surface area contributed by atoms with Gasteiger partial charge in [0, 0.05) is 47.7 Å². The number of rotatable bonds is 5. The molecule has 1 saturated heterocycles. The minimum absolute atomic E-state index is 0.383. The van der Waals surface area contributed by atoms with E-state index >= 15 is 0 Å². The van der Waals surface area contributed by atoms with Crippen LogP contribution >= 0.6 is 0 Å². The van der Waals surface area contributed by atoms with E-state index in [4.69, 9.17) is 4.42 Å². The first-order valence-electron chi connectivity index (χ1n) is 12.3. The number of hydrogen-bond donors (Lipinski definition) is 1. The highest BCUT2D eigenvalue weighted by atomic mass is 16.4. The molecule has 7 heteroatoms. The first-order valence-corrected chi connectivity index (χ1v) is 12.3. The monoisotopic (exact) mass is 459 g/mol. The summed E-state index contributed by atoms with van der Waals surface area (Å²) in [6.45, 7) is 8.39. The maximum Gasteiger partial charge on any atom is 0.345 e. The predicted octanol–water partition coefficient (Wildman–Crippen LogP) is 5.18. The van der Waals surface area contributed by atoms with Crippen LogP contribution in [-0.2, 0) is 0 Å². The summed E-state index contributed by atoms with van der Waals surface area (Å²) < 4.78 is 7.68. The van der Waals surface area contributed by atoms with Crippen LogP contribution in [0.1, 0.15) is 50.9 Å². The molecule has 0 aliphatic carbocycles. The van der Waals surface area contributed by atoms with E-state index in [9.17, 15) is 4.79 Å². The van der Waals surface area contributed by atoms with Crippen LogP contribution in [0.15, 0.2) is 45.9 Å². The lowest BCUT2D eigenvalue weighted by Crippen LogP contribution is -2.49. The Balaban J connectivity index is 1.44. The SMILES string of the molecule is CC[C@@H]1CC(Nc2ccc3cc(-c4cn5cc(C)nc(C)c5n4)c(=O)oc3c2)C[C@H](CC)N1C. The van der Waals surface area contributed by atoms with Crippen molar-refractivity contribution in [1.29, 1.82) is 0 Å². The molecule has 0 saturated carbocycles. The van der Waals surface area contributed by atoms with Gasteiger partial charge in [-0.05, 0) is 64.8 Å². The van der Waals surface area contributed by atoms with Crippen LogP contribution in [0.25, 0.3) is 27.9 Å². The molecule has 1 unspecified atom stereocenters. The van der Waals surface area contributed by atoms with Gasteiger partial charge in [-0.1, -0.05) is 13.8 Å². The highest BCUT2D eigenvalue weighted by Crippen LogP contribution is 2.29. The molecule has 1 aliphatic heterocycles. The van der Waals surface area contributed by atoms with Crippen LogP contribution in [0.4, 0.5) is 5.69 Å². The third-order valence-corrected chi connectivity index (χ3v) is 7.32. The fraction of sp³-hybridized carbons (Fsp3) is 0.444. The lowest BCUT2D eigenvalue weighted by Gasteiger charge is -2.43. The van der Waals surface area contributed by atoms with Crippen molar-refractivity contribution in [2.45, 2.75) is 71.5 Å². The van der Waals surface area contributed by atoms with Gasteiger partial charge >= 0.3 is 5.63 Å². The topological polar surface area (TPSA) is 75.7 Å². The number of likely N-dealkylation sites (tertiary alicyclic amines) is 1. The summed E-state index contributed by atoms with van der Waals surface area (Å²) in [5, 5.41) is 4.58. The fourth-order valence-corrected chi connectivity index (χ4v) is 5.46. The van der Waals surface area contributed by atoms with Gasteiger partial charge in [0.25, 0.3) is 0 Å². The number of hydrogen-bond acceptors (Lipinski definition) is 6. The number of fused-ring (bicyclic) bond motifs is 2. The Morgan fingerprint density at radius 3 is 2.50 bits per heavy atom. The zero-order valence-corrected chi connectivity index (χ0v) is 20.6. The van der Waals surface area contributed by atoms with E-state index in [1.54, 1.807) is 0 Å². The average Bonchev–Trinajstić information content (AvgIpc) is 3.23. The number of aryl methyl sites for hydroxylation is 2. The minimum atomic E-state index is -0.383. The van der Waals surface area contributed by atoms with E-state index in [0.717, 1.165) is 53.8 Å². The first kappa shape index (κ1) is 22.6. The van der Waals surface area contributed by atoms with Crippen molar-refractivity contribution in [3.8, 4) is 11.3 Å². The van der Waals surface area contributed by atoms with Crippen molar-refractivity contribution in [2.75, 3.05) is 12.4 Å². The third kappa shape index (κ3) is 4.09. The molecule has 3 aromatic heterocycles. The number of aromatic nitrogens is 3. The lowest BCUT2D eigenvalue weighted by atomic mass is 9.89. The Morgan fingerprint density at radius 1 is 1.06 bits per heavy atom. The molecule has 178 valence electrons. The van der Waals surface area contributed by atoms with Crippen LogP contribution < -0.4 is 10.9 Å². The molecule has 7 nitrogen and oxygen atoms in total. The predicted molar refractivity (Wildman–Crippen MR) is 137 cm³/mol. The Labute approximate surface area is 199 Å². The maximum absolute atomic E-state index is 12.9.